The van der Waals surface area contributed by atoms with E-state index in [0.717, 1.165) is 25.0 Å². The van der Waals surface area contributed by atoms with E-state index in [1.807, 2.05) is 0 Å². The molecule has 0 bridgehead atoms. The van der Waals surface area contributed by atoms with Crippen LogP contribution in [-0.4, -0.2) is 12.9 Å². The first-order valence-electron chi connectivity index (χ1n) is 8.97. The van der Waals surface area contributed by atoms with Gasteiger partial charge in [0.15, 0.2) is 0 Å². The number of fused-ring (bicyclic) bond motifs is 3. The van der Waals surface area contributed by atoms with Gasteiger partial charge in [0.1, 0.15) is 11.5 Å². The molecule has 0 spiro atoms. The van der Waals surface area contributed by atoms with Crippen LogP contribution in [0.2, 0.25) is 0 Å². The van der Waals surface area contributed by atoms with Crippen molar-refractivity contribution in [3.63, 3.8) is 0 Å². The Balaban J connectivity index is 2.18. The van der Waals surface area contributed by atoms with Crippen LogP contribution in [-0.2, 0) is 16.6 Å². The zero-order chi connectivity index (χ0) is 17.0. The van der Waals surface area contributed by atoms with E-state index in [-0.39, 0.29) is 10.8 Å². The molecular weight excluding hydrogens is 284 g/mol. The molecule has 126 valence electrons. The molecule has 2 aliphatic carbocycles. The van der Waals surface area contributed by atoms with E-state index in [1.54, 1.807) is 7.11 Å². The predicted molar refractivity (Wildman–Crippen MR) is 94.3 cm³/mol. The lowest BCUT2D eigenvalue weighted by atomic mass is 9.49. The van der Waals surface area contributed by atoms with Crippen molar-refractivity contribution in [3.05, 3.63) is 28.8 Å². The predicted octanol–water partition coefficient (Wildman–Crippen LogP) is 5.03. The molecule has 23 heavy (non-hydrogen) atoms. The number of Topliss-reactive ketones (excluding diaryl/α,β-unsaturated/α-hetero) is 1. The lowest BCUT2D eigenvalue weighted by Crippen LogP contribution is -2.52. The minimum atomic E-state index is -0.206. The fourth-order valence-electron chi connectivity index (χ4n) is 5.41. The highest BCUT2D eigenvalue weighted by molar-refractivity contribution is 5.86. The SMILES string of the molecule is COc1ccc2c(c1C(C)C)CC[C@H]1C(C)(C)C(=O)CC[C@]21C. The fraction of sp³-hybridized carbons (Fsp3) is 0.667. The Morgan fingerprint density at radius 2 is 1.87 bits per heavy atom. The second kappa shape index (κ2) is 5.36. The van der Waals surface area contributed by atoms with Crippen molar-refractivity contribution in [2.45, 2.75) is 71.6 Å². The Labute approximate surface area is 140 Å². The average molecular weight is 314 g/mol. The van der Waals surface area contributed by atoms with Crippen molar-refractivity contribution in [2.24, 2.45) is 11.3 Å². The molecule has 0 unspecified atom stereocenters. The Morgan fingerprint density at radius 3 is 2.48 bits per heavy atom. The van der Waals surface area contributed by atoms with Gasteiger partial charge in [0.2, 0.25) is 0 Å². The molecule has 2 nitrogen and oxygen atoms in total. The van der Waals surface area contributed by atoms with Crippen molar-refractivity contribution in [2.75, 3.05) is 7.11 Å². The first-order valence-corrected chi connectivity index (χ1v) is 8.97. The van der Waals surface area contributed by atoms with Crippen molar-refractivity contribution >= 4 is 5.78 Å². The van der Waals surface area contributed by atoms with Crippen LogP contribution < -0.4 is 4.74 Å². The Morgan fingerprint density at radius 1 is 1.17 bits per heavy atom. The van der Waals surface area contributed by atoms with Gasteiger partial charge in [-0.15, -0.1) is 0 Å². The maximum atomic E-state index is 12.5. The monoisotopic (exact) mass is 314 g/mol. The highest BCUT2D eigenvalue weighted by Crippen LogP contribution is 2.57. The summed E-state index contributed by atoms with van der Waals surface area (Å²) in [6, 6.07) is 4.42. The number of rotatable bonds is 2. The van der Waals surface area contributed by atoms with Gasteiger partial charge >= 0.3 is 0 Å². The summed E-state index contributed by atoms with van der Waals surface area (Å²) in [6.07, 6.45) is 3.87. The molecule has 2 heteroatoms. The van der Waals surface area contributed by atoms with Crippen LogP contribution >= 0.6 is 0 Å². The van der Waals surface area contributed by atoms with Gasteiger partial charge in [0, 0.05) is 17.4 Å². The Bertz CT molecular complexity index is 641. The van der Waals surface area contributed by atoms with E-state index in [9.17, 15) is 4.79 Å². The van der Waals surface area contributed by atoms with E-state index in [0.29, 0.717) is 24.0 Å². The molecular formula is C21H30O2. The molecule has 0 heterocycles. The van der Waals surface area contributed by atoms with E-state index >= 15 is 0 Å². The summed E-state index contributed by atoms with van der Waals surface area (Å²) < 4.78 is 5.65. The quantitative estimate of drug-likeness (QED) is 0.765. The van der Waals surface area contributed by atoms with Crippen molar-refractivity contribution in [1.29, 1.82) is 0 Å². The number of ether oxygens (including phenoxy) is 1. The average Bonchev–Trinajstić information content (AvgIpc) is 2.50. The highest BCUT2D eigenvalue weighted by atomic mass is 16.5. The van der Waals surface area contributed by atoms with E-state index < -0.39 is 0 Å². The van der Waals surface area contributed by atoms with Gasteiger partial charge in [0.25, 0.3) is 0 Å². The number of hydrogen-bond donors (Lipinski definition) is 0. The zero-order valence-electron chi connectivity index (χ0n) is 15.5. The topological polar surface area (TPSA) is 26.3 Å². The lowest BCUT2D eigenvalue weighted by molar-refractivity contribution is -0.137. The number of hydrogen-bond acceptors (Lipinski definition) is 2. The molecule has 2 atom stereocenters. The third-order valence-electron chi connectivity index (χ3n) is 6.64. The molecule has 1 aromatic carbocycles. The minimum Gasteiger partial charge on any atom is -0.496 e. The highest BCUT2D eigenvalue weighted by Gasteiger charge is 2.53. The maximum absolute atomic E-state index is 12.5. The molecule has 0 N–H and O–H groups in total. The van der Waals surface area contributed by atoms with E-state index in [1.165, 1.54) is 16.7 Å². The van der Waals surface area contributed by atoms with Gasteiger partial charge in [-0.1, -0.05) is 40.7 Å². The molecule has 0 amide bonds. The Hall–Kier alpha value is -1.31. The third kappa shape index (κ3) is 2.25. The number of methoxy groups -OCH3 is 1. The summed E-state index contributed by atoms with van der Waals surface area (Å²) in [6.45, 7) is 11.2. The summed E-state index contributed by atoms with van der Waals surface area (Å²) >= 11 is 0. The second-order valence-electron chi connectivity index (χ2n) is 8.52. The van der Waals surface area contributed by atoms with Crippen molar-refractivity contribution in [1.82, 2.24) is 0 Å². The smallest absolute Gasteiger partial charge is 0.138 e. The molecule has 1 saturated carbocycles. The standard InChI is InChI=1S/C21H30O2/c1-13(2)19-14-7-10-17-20(3,4)18(22)11-12-21(17,5)15(14)8-9-16(19)23-6/h8-9,13,17H,7,10-12H2,1-6H3/t17-,21+/m0/s1. The summed E-state index contributed by atoms with van der Waals surface area (Å²) in [5.74, 6) is 2.36. The molecule has 3 rings (SSSR count). The largest absolute Gasteiger partial charge is 0.496 e. The minimum absolute atomic E-state index is 0.112. The summed E-state index contributed by atoms with van der Waals surface area (Å²) in [5.41, 5.74) is 4.24. The normalized spacial score (nSPS) is 29.2. The van der Waals surface area contributed by atoms with Gasteiger partial charge in [-0.05, 0) is 53.7 Å². The van der Waals surface area contributed by atoms with Crippen LogP contribution in [0.1, 0.15) is 76.5 Å². The molecule has 1 aromatic rings. The van der Waals surface area contributed by atoms with E-state index in [2.05, 4.69) is 46.8 Å². The second-order valence-corrected chi connectivity index (χ2v) is 8.52. The molecule has 2 aliphatic rings. The molecule has 0 aromatic heterocycles. The summed E-state index contributed by atoms with van der Waals surface area (Å²) in [7, 11) is 1.77. The van der Waals surface area contributed by atoms with Gasteiger partial charge in [-0.3, -0.25) is 4.79 Å². The first-order chi connectivity index (χ1) is 10.7. The Kier molecular flexibility index (Phi) is 3.85. The molecule has 1 fully saturated rings. The van der Waals surface area contributed by atoms with Crippen LogP contribution in [0.3, 0.4) is 0 Å². The summed E-state index contributed by atoms with van der Waals surface area (Å²) in [4.78, 5) is 12.5. The molecule has 0 radical (unpaired) electrons. The van der Waals surface area contributed by atoms with Crippen molar-refractivity contribution in [3.8, 4) is 5.75 Å². The van der Waals surface area contributed by atoms with Crippen LogP contribution in [0.25, 0.3) is 0 Å². The van der Waals surface area contributed by atoms with E-state index in [4.69, 9.17) is 4.74 Å². The zero-order valence-corrected chi connectivity index (χ0v) is 15.5. The van der Waals surface area contributed by atoms with Crippen LogP contribution in [0.4, 0.5) is 0 Å². The number of ketones is 1. The molecule has 0 aliphatic heterocycles. The third-order valence-corrected chi connectivity index (χ3v) is 6.64. The van der Waals surface area contributed by atoms with Crippen LogP contribution in [0, 0.1) is 11.3 Å². The van der Waals surface area contributed by atoms with Crippen molar-refractivity contribution < 1.29 is 9.53 Å². The fourth-order valence-corrected chi connectivity index (χ4v) is 5.41. The van der Waals surface area contributed by atoms with Gasteiger partial charge in [-0.2, -0.15) is 0 Å². The van der Waals surface area contributed by atoms with Gasteiger partial charge in [-0.25, -0.2) is 0 Å². The van der Waals surface area contributed by atoms with Crippen LogP contribution in [0.5, 0.6) is 5.75 Å². The lowest BCUT2D eigenvalue weighted by Gasteiger charge is -2.53. The number of carbonyl (C=O) groups excluding carboxylic acids is 1. The van der Waals surface area contributed by atoms with Gasteiger partial charge in [0.05, 0.1) is 7.11 Å². The molecule has 0 saturated heterocycles. The number of benzene rings is 1. The van der Waals surface area contributed by atoms with Crippen LogP contribution in [0.15, 0.2) is 12.1 Å². The first kappa shape index (κ1) is 16.5. The number of carbonyl (C=O) groups is 1. The maximum Gasteiger partial charge on any atom is 0.138 e. The summed E-state index contributed by atoms with van der Waals surface area (Å²) in [5, 5.41) is 0. The van der Waals surface area contributed by atoms with Gasteiger partial charge < -0.3 is 4.74 Å².